The summed E-state index contributed by atoms with van der Waals surface area (Å²) >= 11 is 0. The molecule has 1 amide bonds. The van der Waals surface area contributed by atoms with Gasteiger partial charge in [-0.15, -0.1) is 0 Å². The van der Waals surface area contributed by atoms with Gasteiger partial charge in [-0.2, -0.15) is 0 Å². The fourth-order valence-corrected chi connectivity index (χ4v) is 2.96. The molecule has 0 aliphatic carbocycles. The Kier molecular flexibility index (Phi) is 3.67. The summed E-state index contributed by atoms with van der Waals surface area (Å²) in [6, 6.07) is -0.680. The second-order valence-corrected chi connectivity index (χ2v) is 6.62. The standard InChI is InChI=1S/C13H24N2O3/c1-13(2,3)6-8(14)12(17)15-5-4-10-11(15)9(16)7-18-10/h8-11,16H,4-7,14H2,1-3H3/t8-,9-,10+,11+/m0/s1. The molecule has 2 heterocycles. The Hall–Kier alpha value is -0.650. The highest BCUT2D eigenvalue weighted by atomic mass is 16.5. The van der Waals surface area contributed by atoms with E-state index >= 15 is 0 Å². The van der Waals surface area contributed by atoms with Crippen LogP contribution in [0, 0.1) is 5.41 Å². The van der Waals surface area contributed by atoms with Crippen molar-refractivity contribution in [3.63, 3.8) is 0 Å². The van der Waals surface area contributed by atoms with Crippen LogP contribution in [0.4, 0.5) is 0 Å². The van der Waals surface area contributed by atoms with Crippen molar-refractivity contribution in [3.8, 4) is 0 Å². The zero-order valence-corrected chi connectivity index (χ0v) is 11.4. The maximum Gasteiger partial charge on any atom is 0.239 e. The van der Waals surface area contributed by atoms with E-state index in [1.807, 2.05) is 0 Å². The Morgan fingerprint density at radius 2 is 2.22 bits per heavy atom. The lowest BCUT2D eigenvalue weighted by Gasteiger charge is -2.30. The van der Waals surface area contributed by atoms with Crippen LogP contribution >= 0.6 is 0 Å². The lowest BCUT2D eigenvalue weighted by molar-refractivity contribution is -0.135. The third kappa shape index (κ3) is 2.68. The first-order valence-electron chi connectivity index (χ1n) is 6.65. The second-order valence-electron chi connectivity index (χ2n) is 6.62. The van der Waals surface area contributed by atoms with Crippen molar-refractivity contribution < 1.29 is 14.6 Å². The number of likely N-dealkylation sites (tertiary alicyclic amines) is 1. The van der Waals surface area contributed by atoms with Gasteiger partial charge >= 0.3 is 0 Å². The number of aliphatic hydroxyl groups excluding tert-OH is 1. The van der Waals surface area contributed by atoms with Crippen molar-refractivity contribution >= 4 is 5.91 Å². The van der Waals surface area contributed by atoms with Crippen LogP contribution in [0.2, 0.25) is 0 Å². The number of amides is 1. The highest BCUT2D eigenvalue weighted by Gasteiger charge is 2.47. The SMILES string of the molecule is CC(C)(C)C[C@H](N)C(=O)N1CC[C@H]2OC[C@H](O)[C@H]21. The van der Waals surface area contributed by atoms with Gasteiger partial charge in [0.15, 0.2) is 0 Å². The number of fused-ring (bicyclic) bond motifs is 1. The Balaban J connectivity index is 2.01. The van der Waals surface area contributed by atoms with Crippen molar-refractivity contribution in [1.82, 2.24) is 4.90 Å². The zero-order chi connectivity index (χ0) is 13.5. The number of ether oxygens (including phenoxy) is 1. The molecule has 2 aliphatic heterocycles. The number of nitrogens with zero attached hydrogens (tertiary/aromatic N) is 1. The van der Waals surface area contributed by atoms with Gasteiger partial charge in [-0.25, -0.2) is 0 Å². The Bertz CT molecular complexity index is 327. The summed E-state index contributed by atoms with van der Waals surface area (Å²) < 4.78 is 5.47. The normalized spacial score (nSPS) is 33.6. The molecule has 0 bridgehead atoms. The molecule has 2 rings (SSSR count). The summed E-state index contributed by atoms with van der Waals surface area (Å²) in [6.07, 6.45) is 0.876. The van der Waals surface area contributed by atoms with Gasteiger partial charge in [-0.3, -0.25) is 4.79 Å². The van der Waals surface area contributed by atoms with E-state index in [0.717, 1.165) is 6.42 Å². The Morgan fingerprint density at radius 3 is 2.83 bits per heavy atom. The van der Waals surface area contributed by atoms with Gasteiger partial charge in [0.1, 0.15) is 6.10 Å². The van der Waals surface area contributed by atoms with Crippen LogP contribution in [0.25, 0.3) is 0 Å². The molecule has 0 saturated carbocycles. The third-order valence-electron chi connectivity index (χ3n) is 3.70. The van der Waals surface area contributed by atoms with Crippen LogP contribution in [-0.4, -0.2) is 53.4 Å². The largest absolute Gasteiger partial charge is 0.388 e. The molecule has 5 nitrogen and oxygen atoms in total. The first-order valence-corrected chi connectivity index (χ1v) is 6.65. The summed E-state index contributed by atoms with van der Waals surface area (Å²) in [7, 11) is 0. The molecule has 2 fully saturated rings. The van der Waals surface area contributed by atoms with E-state index < -0.39 is 12.1 Å². The van der Waals surface area contributed by atoms with Crippen LogP contribution in [0.1, 0.15) is 33.6 Å². The van der Waals surface area contributed by atoms with Gasteiger partial charge < -0.3 is 20.5 Å². The van der Waals surface area contributed by atoms with Gasteiger partial charge in [0.05, 0.1) is 24.8 Å². The zero-order valence-electron chi connectivity index (χ0n) is 11.4. The smallest absolute Gasteiger partial charge is 0.239 e. The molecule has 18 heavy (non-hydrogen) atoms. The average molecular weight is 256 g/mol. The van der Waals surface area contributed by atoms with Crippen LogP contribution in [0.3, 0.4) is 0 Å². The van der Waals surface area contributed by atoms with Crippen molar-refractivity contribution in [2.75, 3.05) is 13.2 Å². The summed E-state index contributed by atoms with van der Waals surface area (Å²) in [6.45, 7) is 7.18. The van der Waals surface area contributed by atoms with E-state index in [0.29, 0.717) is 19.6 Å². The minimum atomic E-state index is -0.566. The lowest BCUT2D eigenvalue weighted by Crippen LogP contribution is -2.51. The van der Waals surface area contributed by atoms with Gasteiger partial charge in [0.25, 0.3) is 0 Å². The maximum absolute atomic E-state index is 12.3. The molecule has 2 aliphatic rings. The fourth-order valence-electron chi connectivity index (χ4n) is 2.96. The molecular weight excluding hydrogens is 232 g/mol. The first kappa shape index (κ1) is 13.8. The second kappa shape index (κ2) is 4.79. The van der Waals surface area contributed by atoms with E-state index in [-0.39, 0.29) is 23.5 Å². The highest BCUT2D eigenvalue weighted by Crippen LogP contribution is 2.30. The predicted octanol–water partition coefficient (Wildman–Crippen LogP) is 0.111. The molecule has 0 radical (unpaired) electrons. The number of carbonyl (C=O) groups is 1. The number of hydrogen-bond donors (Lipinski definition) is 2. The maximum atomic E-state index is 12.3. The summed E-state index contributed by atoms with van der Waals surface area (Å²) in [5.74, 6) is -0.0537. The summed E-state index contributed by atoms with van der Waals surface area (Å²) in [5.41, 5.74) is 6.02. The number of carbonyl (C=O) groups excluding carboxylic acids is 1. The molecule has 5 heteroatoms. The Labute approximate surface area is 108 Å². The number of aliphatic hydroxyl groups is 1. The van der Waals surface area contributed by atoms with Crippen LogP contribution < -0.4 is 5.73 Å². The topological polar surface area (TPSA) is 75.8 Å². The van der Waals surface area contributed by atoms with E-state index in [4.69, 9.17) is 10.5 Å². The van der Waals surface area contributed by atoms with Gasteiger partial charge in [-0.1, -0.05) is 20.8 Å². The van der Waals surface area contributed by atoms with Crippen molar-refractivity contribution in [2.45, 2.75) is 57.9 Å². The number of nitrogens with two attached hydrogens (primary N) is 1. The molecular formula is C13H24N2O3. The van der Waals surface area contributed by atoms with Crippen LogP contribution in [0.5, 0.6) is 0 Å². The molecule has 0 spiro atoms. The van der Waals surface area contributed by atoms with E-state index in [9.17, 15) is 9.90 Å². The summed E-state index contributed by atoms with van der Waals surface area (Å²) in [5, 5.41) is 9.87. The number of rotatable bonds is 2. The van der Waals surface area contributed by atoms with Crippen LogP contribution in [-0.2, 0) is 9.53 Å². The van der Waals surface area contributed by atoms with Crippen molar-refractivity contribution in [3.05, 3.63) is 0 Å². The minimum Gasteiger partial charge on any atom is -0.388 e. The molecule has 4 atom stereocenters. The van der Waals surface area contributed by atoms with Crippen molar-refractivity contribution in [2.24, 2.45) is 11.1 Å². The average Bonchev–Trinajstić information content (AvgIpc) is 2.78. The molecule has 104 valence electrons. The summed E-state index contributed by atoms with van der Waals surface area (Å²) in [4.78, 5) is 14.1. The van der Waals surface area contributed by atoms with Gasteiger partial charge in [-0.05, 0) is 18.3 Å². The Morgan fingerprint density at radius 1 is 1.56 bits per heavy atom. The fraction of sp³-hybridized carbons (Fsp3) is 0.923. The molecule has 0 aromatic carbocycles. The highest BCUT2D eigenvalue weighted by molar-refractivity contribution is 5.82. The third-order valence-corrected chi connectivity index (χ3v) is 3.70. The quantitative estimate of drug-likeness (QED) is 0.735. The van der Waals surface area contributed by atoms with E-state index in [2.05, 4.69) is 20.8 Å². The molecule has 2 saturated heterocycles. The number of hydrogen-bond acceptors (Lipinski definition) is 4. The molecule has 3 N–H and O–H groups in total. The minimum absolute atomic E-state index is 0.00853. The first-order chi connectivity index (χ1) is 8.29. The van der Waals surface area contributed by atoms with Gasteiger partial charge in [0, 0.05) is 6.54 Å². The molecule has 0 unspecified atom stereocenters. The van der Waals surface area contributed by atoms with Gasteiger partial charge in [0.2, 0.25) is 5.91 Å². The monoisotopic (exact) mass is 256 g/mol. The van der Waals surface area contributed by atoms with E-state index in [1.54, 1.807) is 4.90 Å². The van der Waals surface area contributed by atoms with Crippen LogP contribution in [0.15, 0.2) is 0 Å². The van der Waals surface area contributed by atoms with Crippen molar-refractivity contribution in [1.29, 1.82) is 0 Å². The van der Waals surface area contributed by atoms with E-state index in [1.165, 1.54) is 0 Å². The lowest BCUT2D eigenvalue weighted by atomic mass is 9.88. The molecule has 0 aromatic rings. The predicted molar refractivity (Wildman–Crippen MR) is 67.9 cm³/mol. The molecule has 0 aromatic heterocycles.